The summed E-state index contributed by atoms with van der Waals surface area (Å²) >= 11 is 0. The first-order chi connectivity index (χ1) is 13.9. The first kappa shape index (κ1) is 20.4. The Hall–Kier alpha value is -3.35. The molecule has 0 fully saturated rings. The molecular formula is C22H22FNO5. The molecule has 0 saturated carbocycles. The van der Waals surface area contributed by atoms with Gasteiger partial charge in [0, 0.05) is 18.7 Å². The van der Waals surface area contributed by atoms with E-state index in [1.165, 1.54) is 31.2 Å². The van der Waals surface area contributed by atoms with Crippen molar-refractivity contribution in [1.29, 1.82) is 0 Å². The topological polar surface area (TPSA) is 77.8 Å². The molecule has 0 saturated heterocycles. The van der Waals surface area contributed by atoms with Crippen LogP contribution in [0.5, 0.6) is 11.5 Å². The number of nitrogens with zero attached hydrogens (tertiary/aromatic N) is 1. The molecule has 0 amide bonds. The van der Waals surface area contributed by atoms with Crippen molar-refractivity contribution in [1.82, 2.24) is 4.57 Å². The Balaban J connectivity index is 2.24. The summed E-state index contributed by atoms with van der Waals surface area (Å²) < 4.78 is 27.2. The van der Waals surface area contributed by atoms with Crippen molar-refractivity contribution in [3.05, 3.63) is 58.6 Å². The van der Waals surface area contributed by atoms with E-state index in [-0.39, 0.29) is 29.9 Å². The van der Waals surface area contributed by atoms with Gasteiger partial charge in [-0.25, -0.2) is 4.39 Å². The second-order valence-corrected chi connectivity index (χ2v) is 6.57. The Morgan fingerprint density at radius 2 is 1.86 bits per heavy atom. The molecule has 2 aromatic carbocycles. The second kappa shape index (κ2) is 8.77. The number of aromatic nitrogens is 1. The molecule has 29 heavy (non-hydrogen) atoms. The van der Waals surface area contributed by atoms with Crippen LogP contribution in [0.3, 0.4) is 0 Å². The minimum absolute atomic E-state index is 0.0613. The molecule has 3 rings (SSSR count). The summed E-state index contributed by atoms with van der Waals surface area (Å²) in [6, 6.07) is 8.80. The maximum absolute atomic E-state index is 14.7. The van der Waals surface area contributed by atoms with Gasteiger partial charge in [0.05, 0.1) is 24.1 Å². The van der Waals surface area contributed by atoms with E-state index in [1.54, 1.807) is 22.9 Å². The number of carbonyl (C=O) groups excluding carboxylic acids is 1. The monoisotopic (exact) mass is 399 g/mol. The molecule has 152 valence electrons. The molecule has 0 atom stereocenters. The summed E-state index contributed by atoms with van der Waals surface area (Å²) in [5.41, 5.74) is 0.647. The van der Waals surface area contributed by atoms with Gasteiger partial charge in [-0.3, -0.25) is 9.59 Å². The van der Waals surface area contributed by atoms with Gasteiger partial charge in [-0.15, -0.1) is 0 Å². The fraction of sp³-hybridized carbons (Fsp3) is 0.273. The molecule has 0 unspecified atom stereocenters. The van der Waals surface area contributed by atoms with Crippen LogP contribution in [-0.2, 0) is 16.1 Å². The molecule has 0 aliphatic rings. The summed E-state index contributed by atoms with van der Waals surface area (Å²) in [4.78, 5) is 24.3. The normalized spacial score (nSPS) is 10.9. The number of fused-ring (bicyclic) bond motifs is 1. The van der Waals surface area contributed by atoms with E-state index in [0.717, 1.165) is 6.42 Å². The number of phenols is 1. The van der Waals surface area contributed by atoms with E-state index in [4.69, 9.17) is 9.47 Å². The third-order valence-corrected chi connectivity index (χ3v) is 4.41. The van der Waals surface area contributed by atoms with Crippen LogP contribution in [0.4, 0.5) is 4.39 Å². The van der Waals surface area contributed by atoms with Crippen LogP contribution in [0, 0.1) is 5.82 Å². The maximum Gasteiger partial charge on any atom is 0.302 e. The Labute approximate surface area is 167 Å². The largest absolute Gasteiger partial charge is 0.508 e. The molecule has 0 aliphatic heterocycles. The number of phenolic OH excluding ortho intramolecular Hbond substituents is 1. The summed E-state index contributed by atoms with van der Waals surface area (Å²) in [5.74, 6) is -0.634. The fourth-order valence-corrected chi connectivity index (χ4v) is 3.10. The Morgan fingerprint density at radius 1 is 1.14 bits per heavy atom. The zero-order chi connectivity index (χ0) is 21.0. The first-order valence-electron chi connectivity index (χ1n) is 9.33. The summed E-state index contributed by atoms with van der Waals surface area (Å²) in [5, 5.41) is 9.43. The lowest BCUT2D eigenvalue weighted by molar-refractivity contribution is -0.141. The van der Waals surface area contributed by atoms with E-state index >= 15 is 0 Å². The molecule has 0 radical (unpaired) electrons. The van der Waals surface area contributed by atoms with Crippen LogP contribution in [-0.4, -0.2) is 28.9 Å². The van der Waals surface area contributed by atoms with Gasteiger partial charge in [-0.05, 0) is 36.2 Å². The average molecular weight is 399 g/mol. The lowest BCUT2D eigenvalue weighted by Crippen LogP contribution is -2.17. The number of esters is 1. The minimum atomic E-state index is -0.657. The SMILES string of the molecule is CCCOc1ccc(F)c2c(=O)c(-c3ccc(O)cc3)cn(CCOC(C)=O)c12. The van der Waals surface area contributed by atoms with E-state index in [2.05, 4.69) is 0 Å². The van der Waals surface area contributed by atoms with Gasteiger partial charge in [-0.1, -0.05) is 19.1 Å². The average Bonchev–Trinajstić information content (AvgIpc) is 2.69. The van der Waals surface area contributed by atoms with E-state index in [0.29, 0.717) is 23.4 Å². The number of benzene rings is 2. The number of hydrogen-bond acceptors (Lipinski definition) is 5. The molecule has 0 spiro atoms. The molecule has 0 bridgehead atoms. The number of halogens is 1. The highest BCUT2D eigenvalue weighted by Gasteiger charge is 2.18. The maximum atomic E-state index is 14.7. The molecule has 0 aliphatic carbocycles. The van der Waals surface area contributed by atoms with E-state index < -0.39 is 17.2 Å². The standard InChI is InChI=1S/C22H22FNO5/c1-3-11-29-19-9-8-18(23)20-21(19)24(10-12-28-14(2)25)13-17(22(20)27)15-4-6-16(26)7-5-15/h4-9,13,26H,3,10-12H2,1-2H3. The number of ether oxygens (including phenoxy) is 2. The van der Waals surface area contributed by atoms with Crippen LogP contribution >= 0.6 is 0 Å². The van der Waals surface area contributed by atoms with Crippen molar-refractivity contribution in [2.75, 3.05) is 13.2 Å². The number of pyridine rings is 1. The Bertz CT molecular complexity index is 1090. The molecule has 1 N–H and O–H groups in total. The van der Waals surface area contributed by atoms with Crippen molar-refractivity contribution >= 4 is 16.9 Å². The molecule has 7 heteroatoms. The van der Waals surface area contributed by atoms with Crippen LogP contribution in [0.25, 0.3) is 22.0 Å². The Morgan fingerprint density at radius 3 is 2.52 bits per heavy atom. The second-order valence-electron chi connectivity index (χ2n) is 6.57. The molecule has 6 nitrogen and oxygen atoms in total. The van der Waals surface area contributed by atoms with E-state index in [1.807, 2.05) is 6.92 Å². The molecular weight excluding hydrogens is 377 g/mol. The third-order valence-electron chi connectivity index (χ3n) is 4.41. The van der Waals surface area contributed by atoms with Gasteiger partial charge in [-0.2, -0.15) is 0 Å². The number of aromatic hydroxyl groups is 1. The fourth-order valence-electron chi connectivity index (χ4n) is 3.10. The number of carbonyl (C=O) groups is 1. The van der Waals surface area contributed by atoms with Crippen LogP contribution in [0.1, 0.15) is 20.3 Å². The number of hydrogen-bond donors (Lipinski definition) is 1. The van der Waals surface area contributed by atoms with Crippen molar-refractivity contribution in [2.24, 2.45) is 0 Å². The van der Waals surface area contributed by atoms with Crippen LogP contribution in [0.2, 0.25) is 0 Å². The predicted molar refractivity (Wildman–Crippen MR) is 108 cm³/mol. The van der Waals surface area contributed by atoms with Crippen molar-refractivity contribution < 1.29 is 23.8 Å². The Kier molecular flexibility index (Phi) is 6.16. The highest BCUT2D eigenvalue weighted by Crippen LogP contribution is 2.29. The molecule has 1 aromatic heterocycles. The van der Waals surface area contributed by atoms with Crippen LogP contribution in [0.15, 0.2) is 47.4 Å². The van der Waals surface area contributed by atoms with Gasteiger partial charge in [0.2, 0.25) is 0 Å². The van der Waals surface area contributed by atoms with Gasteiger partial charge < -0.3 is 19.1 Å². The molecule has 1 heterocycles. The predicted octanol–water partition coefficient (Wildman–Crippen LogP) is 3.87. The zero-order valence-corrected chi connectivity index (χ0v) is 16.3. The summed E-state index contributed by atoms with van der Waals surface area (Å²) in [6.07, 6.45) is 2.35. The summed E-state index contributed by atoms with van der Waals surface area (Å²) in [6.45, 7) is 3.95. The lowest BCUT2D eigenvalue weighted by Gasteiger charge is -2.17. The summed E-state index contributed by atoms with van der Waals surface area (Å²) in [7, 11) is 0. The highest BCUT2D eigenvalue weighted by atomic mass is 19.1. The highest BCUT2D eigenvalue weighted by molar-refractivity contribution is 5.89. The molecule has 3 aromatic rings. The van der Waals surface area contributed by atoms with Crippen molar-refractivity contribution in [2.45, 2.75) is 26.8 Å². The number of rotatable bonds is 7. The van der Waals surface area contributed by atoms with Crippen LogP contribution < -0.4 is 10.2 Å². The first-order valence-corrected chi connectivity index (χ1v) is 9.33. The smallest absolute Gasteiger partial charge is 0.302 e. The lowest BCUT2D eigenvalue weighted by atomic mass is 10.0. The zero-order valence-electron chi connectivity index (χ0n) is 16.3. The van der Waals surface area contributed by atoms with Gasteiger partial charge in [0.1, 0.15) is 23.9 Å². The van der Waals surface area contributed by atoms with Crippen molar-refractivity contribution in [3.63, 3.8) is 0 Å². The quantitative estimate of drug-likeness (QED) is 0.611. The van der Waals surface area contributed by atoms with Gasteiger partial charge >= 0.3 is 5.97 Å². The minimum Gasteiger partial charge on any atom is -0.508 e. The van der Waals surface area contributed by atoms with E-state index in [9.17, 15) is 19.1 Å². The van der Waals surface area contributed by atoms with Crippen molar-refractivity contribution in [3.8, 4) is 22.6 Å². The third kappa shape index (κ3) is 4.39. The van der Waals surface area contributed by atoms with Gasteiger partial charge in [0.25, 0.3) is 0 Å². The van der Waals surface area contributed by atoms with Gasteiger partial charge in [0.15, 0.2) is 5.43 Å².